The highest BCUT2D eigenvalue weighted by molar-refractivity contribution is 7.22. The third kappa shape index (κ3) is 3.10. The Morgan fingerprint density at radius 1 is 0.821 bits per heavy atom. The first-order chi connectivity index (χ1) is 13.4. The van der Waals surface area contributed by atoms with E-state index in [1.54, 1.807) is 22.7 Å². The van der Waals surface area contributed by atoms with Crippen LogP contribution in [0.5, 0.6) is 0 Å². The van der Waals surface area contributed by atoms with Gasteiger partial charge in [0, 0.05) is 19.5 Å². The van der Waals surface area contributed by atoms with Gasteiger partial charge in [-0.15, -0.1) is 22.7 Å². The van der Waals surface area contributed by atoms with E-state index in [0.717, 1.165) is 20.9 Å². The molecule has 3 rings (SSSR count). The van der Waals surface area contributed by atoms with Crippen molar-refractivity contribution in [3.05, 3.63) is 55.8 Å². The van der Waals surface area contributed by atoms with Crippen molar-refractivity contribution in [3.8, 4) is 21.9 Å². The Bertz CT molecular complexity index is 948. The molecule has 0 aliphatic heterocycles. The fourth-order valence-electron chi connectivity index (χ4n) is 3.77. The molecule has 140 valence electrons. The van der Waals surface area contributed by atoms with Crippen molar-refractivity contribution >= 4 is 22.7 Å². The Morgan fingerprint density at radius 2 is 1.18 bits per heavy atom. The van der Waals surface area contributed by atoms with E-state index in [1.165, 1.54) is 9.75 Å². The lowest BCUT2D eigenvalue weighted by molar-refractivity contribution is 0.518. The first-order valence-corrected chi connectivity index (χ1v) is 10.8. The van der Waals surface area contributed by atoms with Crippen LogP contribution >= 0.6 is 22.7 Å². The number of hydrogen-bond acceptors (Lipinski definition) is 4. The van der Waals surface area contributed by atoms with Gasteiger partial charge < -0.3 is 0 Å². The van der Waals surface area contributed by atoms with Crippen LogP contribution in [0, 0.1) is 35.8 Å². The van der Waals surface area contributed by atoms with Crippen LogP contribution in [0.15, 0.2) is 12.1 Å². The van der Waals surface area contributed by atoms with Crippen LogP contribution in [0.25, 0.3) is 19.4 Å². The Labute approximate surface area is 174 Å². The molecule has 0 bridgehead atoms. The second-order valence-corrected chi connectivity index (χ2v) is 9.80. The fourth-order valence-corrected chi connectivity index (χ4v) is 6.38. The summed E-state index contributed by atoms with van der Waals surface area (Å²) < 4.78 is 0. The summed E-state index contributed by atoms with van der Waals surface area (Å²) in [5, 5.41) is 19.4. The van der Waals surface area contributed by atoms with Crippen LogP contribution < -0.4 is 0 Å². The SMILES string of the molecule is [C-]#[N+]C(C#N)C1c2cc(C(C)C)sc2-c2sc(C(C)C)cc2C1C(C#N)[N+]#[C-]. The summed E-state index contributed by atoms with van der Waals surface area (Å²) in [7, 11) is 0. The summed E-state index contributed by atoms with van der Waals surface area (Å²) in [6.45, 7) is 23.7. The Kier molecular flexibility index (Phi) is 5.58. The quantitative estimate of drug-likeness (QED) is 0.544. The van der Waals surface area contributed by atoms with Crippen molar-refractivity contribution in [3.63, 3.8) is 0 Å². The molecule has 2 aromatic heterocycles. The first kappa shape index (κ1) is 20.1. The highest BCUT2D eigenvalue weighted by Gasteiger charge is 2.50. The Balaban J connectivity index is 2.36. The lowest BCUT2D eigenvalue weighted by Crippen LogP contribution is -2.30. The number of fused-ring (bicyclic) bond motifs is 3. The molecule has 0 saturated heterocycles. The molecular formula is C22H20N4S2. The molecule has 0 spiro atoms. The zero-order valence-electron chi connectivity index (χ0n) is 16.2. The number of hydrogen-bond donors (Lipinski definition) is 0. The van der Waals surface area contributed by atoms with Gasteiger partial charge in [-0.3, -0.25) is 9.69 Å². The van der Waals surface area contributed by atoms with E-state index in [4.69, 9.17) is 13.1 Å². The van der Waals surface area contributed by atoms with Crippen LogP contribution in [0.3, 0.4) is 0 Å². The standard InChI is InChI=1S/C22H20N4S2/c1-11(2)17-7-13-19(15(9-23)25-5)20(16(10-24)26-6)14-8-18(12(3)4)28-22(14)21(13)27-17/h7-8,11-12,15-16,19-20H,1-4H3. The summed E-state index contributed by atoms with van der Waals surface area (Å²) in [6, 6.07) is 6.66. The minimum absolute atomic E-state index is 0.337. The molecule has 2 aromatic rings. The number of nitrogens with zero attached hydrogens (tertiary/aromatic N) is 4. The van der Waals surface area contributed by atoms with Gasteiger partial charge in [-0.05, 0) is 35.1 Å². The van der Waals surface area contributed by atoms with Crippen LogP contribution in [-0.4, -0.2) is 12.1 Å². The summed E-state index contributed by atoms with van der Waals surface area (Å²) in [6.07, 6.45) is 0. The zero-order chi connectivity index (χ0) is 20.6. The maximum Gasteiger partial charge on any atom is 0.314 e. The molecule has 0 fully saturated rings. The van der Waals surface area contributed by atoms with Gasteiger partial charge in [-0.2, -0.15) is 10.5 Å². The third-order valence-electron chi connectivity index (χ3n) is 5.23. The molecule has 0 aromatic carbocycles. The van der Waals surface area contributed by atoms with Crippen LogP contribution in [0.1, 0.15) is 72.2 Å². The van der Waals surface area contributed by atoms with E-state index in [9.17, 15) is 10.5 Å². The molecular weight excluding hydrogens is 384 g/mol. The van der Waals surface area contributed by atoms with Gasteiger partial charge in [-0.1, -0.05) is 27.7 Å². The lowest BCUT2D eigenvalue weighted by Gasteiger charge is -2.28. The van der Waals surface area contributed by atoms with Gasteiger partial charge in [0.2, 0.25) is 0 Å². The van der Waals surface area contributed by atoms with Gasteiger partial charge in [0.1, 0.15) is 0 Å². The van der Waals surface area contributed by atoms with Crippen molar-refractivity contribution in [2.45, 2.75) is 63.5 Å². The molecule has 28 heavy (non-hydrogen) atoms. The highest BCUT2D eigenvalue weighted by Crippen LogP contribution is 2.57. The number of nitriles is 2. The molecule has 0 N–H and O–H groups in total. The van der Waals surface area contributed by atoms with E-state index in [-0.39, 0.29) is 0 Å². The monoisotopic (exact) mass is 404 g/mol. The smallest absolute Gasteiger partial charge is 0.297 e. The summed E-state index contributed by atoms with van der Waals surface area (Å²) >= 11 is 3.44. The van der Waals surface area contributed by atoms with Crippen molar-refractivity contribution < 1.29 is 0 Å². The van der Waals surface area contributed by atoms with E-state index < -0.39 is 23.9 Å². The molecule has 6 heteroatoms. The zero-order valence-corrected chi connectivity index (χ0v) is 17.9. The molecule has 0 saturated carbocycles. The van der Waals surface area contributed by atoms with Crippen LogP contribution in [0.2, 0.25) is 0 Å². The fraction of sp³-hybridized carbons (Fsp3) is 0.455. The summed E-state index contributed by atoms with van der Waals surface area (Å²) in [5.74, 6) is -0.239. The number of thiophene rings is 2. The predicted octanol–water partition coefficient (Wildman–Crippen LogP) is 6.53. The van der Waals surface area contributed by atoms with Gasteiger partial charge in [-0.25, -0.2) is 13.1 Å². The summed E-state index contributed by atoms with van der Waals surface area (Å²) in [4.78, 5) is 11.8. The average molecular weight is 405 g/mol. The van der Waals surface area contributed by atoms with Crippen molar-refractivity contribution in [2.24, 2.45) is 0 Å². The molecule has 4 nitrogen and oxygen atoms in total. The van der Waals surface area contributed by atoms with E-state index in [1.807, 2.05) is 0 Å². The van der Waals surface area contributed by atoms with Crippen molar-refractivity contribution in [1.82, 2.24) is 0 Å². The molecule has 1 aliphatic rings. The summed E-state index contributed by atoms with van der Waals surface area (Å²) in [5.41, 5.74) is 1.93. The van der Waals surface area contributed by atoms with E-state index in [0.29, 0.717) is 11.8 Å². The molecule has 4 atom stereocenters. The molecule has 2 heterocycles. The highest BCUT2D eigenvalue weighted by atomic mass is 32.1. The largest absolute Gasteiger partial charge is 0.314 e. The van der Waals surface area contributed by atoms with Gasteiger partial charge in [0.25, 0.3) is 0 Å². The normalized spacial score (nSPS) is 19.6. The molecule has 4 unspecified atom stereocenters. The Morgan fingerprint density at radius 3 is 1.43 bits per heavy atom. The second-order valence-electron chi connectivity index (χ2n) is 7.63. The minimum Gasteiger partial charge on any atom is -0.297 e. The molecule has 0 radical (unpaired) electrons. The Hall–Kier alpha value is -2.64. The minimum atomic E-state index is -0.911. The van der Waals surface area contributed by atoms with Crippen LogP contribution in [0.4, 0.5) is 0 Å². The van der Waals surface area contributed by atoms with E-state index >= 15 is 0 Å². The van der Waals surface area contributed by atoms with Gasteiger partial charge in [0.05, 0.1) is 11.8 Å². The third-order valence-corrected chi connectivity index (χ3v) is 8.30. The van der Waals surface area contributed by atoms with E-state index in [2.05, 4.69) is 61.7 Å². The maximum absolute atomic E-state index is 9.69. The topological polar surface area (TPSA) is 56.3 Å². The van der Waals surface area contributed by atoms with Crippen molar-refractivity contribution in [2.75, 3.05) is 0 Å². The maximum atomic E-state index is 9.69. The predicted molar refractivity (Wildman–Crippen MR) is 113 cm³/mol. The molecule has 0 amide bonds. The van der Waals surface area contributed by atoms with Gasteiger partial charge in [0.15, 0.2) is 12.1 Å². The molecule has 1 aliphatic carbocycles. The van der Waals surface area contributed by atoms with Gasteiger partial charge >= 0.3 is 12.1 Å². The second kappa shape index (κ2) is 7.77. The van der Waals surface area contributed by atoms with Crippen LogP contribution in [-0.2, 0) is 0 Å². The lowest BCUT2D eigenvalue weighted by atomic mass is 9.70. The van der Waals surface area contributed by atoms with Crippen molar-refractivity contribution in [1.29, 1.82) is 10.5 Å². The first-order valence-electron chi connectivity index (χ1n) is 9.17. The average Bonchev–Trinajstić information content (AvgIpc) is 3.29. The number of rotatable bonds is 4.